The fourth-order valence-corrected chi connectivity index (χ4v) is 2.14. The number of hydrogen-bond acceptors (Lipinski definition) is 4. The summed E-state index contributed by atoms with van der Waals surface area (Å²) in [7, 11) is 5.69. The Morgan fingerprint density at radius 2 is 2.05 bits per heavy atom. The zero-order chi connectivity index (χ0) is 14.1. The highest BCUT2D eigenvalue weighted by Crippen LogP contribution is 2.32. The van der Waals surface area contributed by atoms with E-state index < -0.39 is 0 Å². The molecule has 0 unspecified atom stereocenters. The van der Waals surface area contributed by atoms with Crippen LogP contribution in [0.4, 0.5) is 5.69 Å². The van der Waals surface area contributed by atoms with E-state index in [1.807, 2.05) is 47.8 Å². The largest absolute Gasteiger partial charge is 0.496 e. The van der Waals surface area contributed by atoms with Crippen LogP contribution in [0.3, 0.4) is 0 Å². The molecule has 2 heterocycles. The van der Waals surface area contributed by atoms with Crippen LogP contribution >= 0.6 is 0 Å². The van der Waals surface area contributed by atoms with Crippen molar-refractivity contribution in [3.63, 3.8) is 0 Å². The fraction of sp³-hybridized carbons (Fsp3) is 0.200. The van der Waals surface area contributed by atoms with Crippen molar-refractivity contribution in [2.45, 2.75) is 0 Å². The van der Waals surface area contributed by atoms with Gasteiger partial charge in [0.25, 0.3) is 0 Å². The molecule has 0 N–H and O–H groups in total. The van der Waals surface area contributed by atoms with Crippen LogP contribution in [0.1, 0.15) is 0 Å². The van der Waals surface area contributed by atoms with Crippen LogP contribution in [0, 0.1) is 0 Å². The first-order valence-electron chi connectivity index (χ1n) is 6.33. The lowest BCUT2D eigenvalue weighted by molar-refractivity contribution is 0.416. The average molecular weight is 268 g/mol. The topological polar surface area (TPSA) is 42.7 Å². The predicted molar refractivity (Wildman–Crippen MR) is 79.3 cm³/mol. The summed E-state index contributed by atoms with van der Waals surface area (Å²) in [6.07, 6.45) is 5.43. The SMILES string of the molecule is COc1cc(N(C)C)ccc1-c1cn2cnccc2n1. The number of fused-ring (bicyclic) bond motifs is 1. The van der Waals surface area contributed by atoms with Gasteiger partial charge in [0.2, 0.25) is 0 Å². The van der Waals surface area contributed by atoms with E-state index in [9.17, 15) is 0 Å². The molecule has 0 bridgehead atoms. The Morgan fingerprint density at radius 3 is 2.75 bits per heavy atom. The number of imidazole rings is 1. The van der Waals surface area contributed by atoms with E-state index in [0.717, 1.165) is 28.3 Å². The minimum atomic E-state index is 0.813. The van der Waals surface area contributed by atoms with Gasteiger partial charge in [0, 0.05) is 43.8 Å². The monoisotopic (exact) mass is 268 g/mol. The van der Waals surface area contributed by atoms with Crippen molar-refractivity contribution in [3.05, 3.63) is 43.0 Å². The molecule has 0 radical (unpaired) electrons. The van der Waals surface area contributed by atoms with Crippen molar-refractivity contribution < 1.29 is 4.74 Å². The van der Waals surface area contributed by atoms with Gasteiger partial charge >= 0.3 is 0 Å². The molecule has 0 saturated heterocycles. The maximum absolute atomic E-state index is 5.50. The molecule has 0 atom stereocenters. The van der Waals surface area contributed by atoms with Gasteiger partial charge in [0.05, 0.1) is 12.8 Å². The van der Waals surface area contributed by atoms with Gasteiger partial charge in [-0.3, -0.25) is 4.40 Å². The number of hydrogen-bond donors (Lipinski definition) is 0. The second-order valence-corrected chi connectivity index (χ2v) is 4.75. The van der Waals surface area contributed by atoms with Crippen LogP contribution < -0.4 is 9.64 Å². The molecule has 20 heavy (non-hydrogen) atoms. The fourth-order valence-electron chi connectivity index (χ4n) is 2.14. The first-order chi connectivity index (χ1) is 9.69. The van der Waals surface area contributed by atoms with E-state index in [1.54, 1.807) is 19.6 Å². The molecule has 0 aliphatic carbocycles. The second-order valence-electron chi connectivity index (χ2n) is 4.75. The number of rotatable bonds is 3. The molecule has 0 amide bonds. The summed E-state index contributed by atoms with van der Waals surface area (Å²) >= 11 is 0. The molecule has 2 aromatic heterocycles. The molecule has 0 aliphatic rings. The van der Waals surface area contributed by atoms with Gasteiger partial charge < -0.3 is 9.64 Å². The quantitative estimate of drug-likeness (QED) is 0.732. The summed E-state index contributed by atoms with van der Waals surface area (Å²) in [5, 5.41) is 0. The van der Waals surface area contributed by atoms with Gasteiger partial charge in [-0.25, -0.2) is 9.97 Å². The van der Waals surface area contributed by atoms with Crippen LogP contribution in [0.2, 0.25) is 0 Å². The molecule has 0 aliphatic heterocycles. The third-order valence-corrected chi connectivity index (χ3v) is 3.24. The Labute approximate surface area is 117 Å². The molecule has 1 aromatic carbocycles. The number of benzene rings is 1. The van der Waals surface area contributed by atoms with Crippen molar-refractivity contribution in [2.75, 3.05) is 26.1 Å². The Morgan fingerprint density at radius 1 is 1.20 bits per heavy atom. The van der Waals surface area contributed by atoms with E-state index >= 15 is 0 Å². The predicted octanol–water partition coefficient (Wildman–Crippen LogP) is 2.47. The highest BCUT2D eigenvalue weighted by molar-refractivity contribution is 5.72. The Hall–Kier alpha value is -2.56. The first-order valence-corrected chi connectivity index (χ1v) is 6.33. The molecule has 0 saturated carbocycles. The average Bonchev–Trinajstić information content (AvgIpc) is 2.90. The summed E-state index contributed by atoms with van der Waals surface area (Å²) in [4.78, 5) is 10.7. The van der Waals surface area contributed by atoms with Crippen LogP contribution in [-0.2, 0) is 0 Å². The smallest absolute Gasteiger partial charge is 0.140 e. The lowest BCUT2D eigenvalue weighted by Gasteiger charge is -2.15. The normalized spacial score (nSPS) is 10.8. The number of ether oxygens (including phenoxy) is 1. The molecule has 0 spiro atoms. The summed E-state index contributed by atoms with van der Waals surface area (Å²) in [6, 6.07) is 7.98. The zero-order valence-electron chi connectivity index (χ0n) is 11.7. The molecule has 5 nitrogen and oxygen atoms in total. The molecule has 3 aromatic rings. The van der Waals surface area contributed by atoms with E-state index in [0.29, 0.717) is 0 Å². The minimum Gasteiger partial charge on any atom is -0.496 e. The lowest BCUT2D eigenvalue weighted by atomic mass is 10.1. The number of nitrogens with zero attached hydrogens (tertiary/aromatic N) is 4. The maximum Gasteiger partial charge on any atom is 0.140 e. The lowest BCUT2D eigenvalue weighted by Crippen LogP contribution is -2.08. The number of anilines is 1. The summed E-state index contributed by atoms with van der Waals surface area (Å²) < 4.78 is 7.39. The second kappa shape index (κ2) is 4.85. The highest BCUT2D eigenvalue weighted by atomic mass is 16.5. The molecule has 3 rings (SSSR count). The van der Waals surface area contributed by atoms with Gasteiger partial charge in [0.15, 0.2) is 0 Å². The van der Waals surface area contributed by atoms with Crippen molar-refractivity contribution in [2.24, 2.45) is 0 Å². The van der Waals surface area contributed by atoms with Crippen molar-refractivity contribution >= 4 is 11.3 Å². The van der Waals surface area contributed by atoms with Crippen molar-refractivity contribution in [1.29, 1.82) is 0 Å². The van der Waals surface area contributed by atoms with Gasteiger partial charge in [-0.15, -0.1) is 0 Å². The van der Waals surface area contributed by atoms with Crippen LogP contribution in [0.25, 0.3) is 16.9 Å². The van der Waals surface area contributed by atoms with Crippen molar-refractivity contribution in [3.8, 4) is 17.0 Å². The summed E-state index contributed by atoms with van der Waals surface area (Å²) in [5.41, 5.74) is 3.81. The molecular formula is C15H16N4O. The third-order valence-electron chi connectivity index (χ3n) is 3.24. The molecular weight excluding hydrogens is 252 g/mol. The van der Waals surface area contributed by atoms with Crippen LogP contribution in [-0.4, -0.2) is 35.6 Å². The standard InChI is InChI=1S/C15H16N4O/c1-18(2)11-4-5-12(14(8-11)20-3)13-9-19-10-16-7-6-15(19)17-13/h4-10H,1-3H3. The van der Waals surface area contributed by atoms with E-state index in [2.05, 4.69) is 16.0 Å². The Kier molecular flexibility index (Phi) is 3.02. The minimum absolute atomic E-state index is 0.813. The van der Waals surface area contributed by atoms with Gasteiger partial charge in [-0.1, -0.05) is 0 Å². The highest BCUT2D eigenvalue weighted by Gasteiger charge is 2.11. The molecule has 0 fully saturated rings. The Bertz CT molecular complexity index is 715. The third kappa shape index (κ3) is 2.07. The maximum atomic E-state index is 5.50. The number of methoxy groups -OCH3 is 1. The van der Waals surface area contributed by atoms with E-state index in [4.69, 9.17) is 4.74 Å². The Balaban J connectivity index is 2.13. The van der Waals surface area contributed by atoms with Gasteiger partial charge in [-0.05, 0) is 18.2 Å². The molecule has 102 valence electrons. The van der Waals surface area contributed by atoms with E-state index in [-0.39, 0.29) is 0 Å². The van der Waals surface area contributed by atoms with Gasteiger partial charge in [-0.2, -0.15) is 0 Å². The van der Waals surface area contributed by atoms with Crippen molar-refractivity contribution in [1.82, 2.24) is 14.4 Å². The van der Waals surface area contributed by atoms with Gasteiger partial charge in [0.1, 0.15) is 17.7 Å². The van der Waals surface area contributed by atoms with Crippen LogP contribution in [0.15, 0.2) is 43.0 Å². The summed E-state index contributed by atoms with van der Waals surface area (Å²) in [6.45, 7) is 0. The number of aromatic nitrogens is 3. The molecule has 5 heteroatoms. The zero-order valence-corrected chi connectivity index (χ0v) is 11.7. The van der Waals surface area contributed by atoms with E-state index in [1.165, 1.54) is 0 Å². The first kappa shape index (κ1) is 12.5. The van der Waals surface area contributed by atoms with Crippen LogP contribution in [0.5, 0.6) is 5.75 Å². The summed E-state index contributed by atoms with van der Waals surface area (Å²) in [5.74, 6) is 0.813.